The van der Waals surface area contributed by atoms with Gasteiger partial charge in [0, 0.05) is 17.3 Å². The maximum atomic E-state index is 13.4. The average Bonchev–Trinajstić information content (AvgIpc) is 3.17. The molecule has 0 saturated heterocycles. The summed E-state index contributed by atoms with van der Waals surface area (Å²) >= 11 is 1.65. The summed E-state index contributed by atoms with van der Waals surface area (Å²) < 4.78 is 13.4. The molecule has 1 aliphatic rings. The van der Waals surface area contributed by atoms with Gasteiger partial charge in [0.15, 0.2) is 5.82 Å². The van der Waals surface area contributed by atoms with E-state index < -0.39 is 11.9 Å². The van der Waals surface area contributed by atoms with E-state index in [1.54, 1.807) is 42.1 Å². The first kappa shape index (κ1) is 19.5. The Labute approximate surface area is 181 Å². The maximum absolute atomic E-state index is 13.4. The van der Waals surface area contributed by atoms with Gasteiger partial charge in [-0.1, -0.05) is 12.1 Å². The van der Waals surface area contributed by atoms with Crippen LogP contribution in [0.15, 0.2) is 42.9 Å². The van der Waals surface area contributed by atoms with E-state index in [0.29, 0.717) is 22.9 Å². The SMILES string of the molecule is NC(=O)C(Nc1nc(-c2cnccn2)nc2sc3c(c12)CCCC3)c1ccc(F)cc1. The summed E-state index contributed by atoms with van der Waals surface area (Å²) in [5, 5.41) is 4.13. The first-order valence-corrected chi connectivity index (χ1v) is 10.8. The largest absolute Gasteiger partial charge is 0.368 e. The lowest BCUT2D eigenvalue weighted by molar-refractivity contribution is -0.118. The van der Waals surface area contributed by atoms with E-state index in [4.69, 9.17) is 15.7 Å². The predicted octanol–water partition coefficient (Wildman–Crippen LogP) is 3.80. The van der Waals surface area contributed by atoms with Crippen LogP contribution in [0.25, 0.3) is 21.7 Å². The summed E-state index contributed by atoms with van der Waals surface area (Å²) in [5.41, 5.74) is 8.03. The van der Waals surface area contributed by atoms with E-state index in [2.05, 4.69) is 15.3 Å². The van der Waals surface area contributed by atoms with Gasteiger partial charge >= 0.3 is 0 Å². The standard InChI is InChI=1S/C22H19FN6OS/c23-13-7-5-12(6-8-13)18(19(24)30)27-21-17-14-3-1-2-4-16(14)31-22(17)29-20(28-21)15-11-25-9-10-26-15/h5-11,18H,1-4H2,(H2,24,30)(H,27,28,29). The summed E-state index contributed by atoms with van der Waals surface area (Å²) in [6.45, 7) is 0. The number of rotatable bonds is 5. The topological polar surface area (TPSA) is 107 Å². The van der Waals surface area contributed by atoms with Gasteiger partial charge in [-0.2, -0.15) is 0 Å². The van der Waals surface area contributed by atoms with Crippen LogP contribution in [0.5, 0.6) is 0 Å². The molecule has 1 aromatic carbocycles. The van der Waals surface area contributed by atoms with Crippen molar-refractivity contribution in [3.63, 3.8) is 0 Å². The lowest BCUT2D eigenvalue weighted by atomic mass is 9.96. The molecule has 0 spiro atoms. The fourth-order valence-corrected chi connectivity index (χ4v) is 5.16. The van der Waals surface area contributed by atoms with Crippen LogP contribution in [0, 0.1) is 5.82 Å². The fourth-order valence-electron chi connectivity index (χ4n) is 3.90. The van der Waals surface area contributed by atoms with E-state index in [9.17, 15) is 9.18 Å². The number of primary amides is 1. The molecule has 3 heterocycles. The van der Waals surface area contributed by atoms with Crippen molar-refractivity contribution >= 4 is 33.3 Å². The Morgan fingerprint density at radius 3 is 2.68 bits per heavy atom. The molecule has 0 radical (unpaired) electrons. The third-order valence-electron chi connectivity index (χ3n) is 5.38. The van der Waals surface area contributed by atoms with Gasteiger partial charge < -0.3 is 11.1 Å². The monoisotopic (exact) mass is 434 g/mol. The smallest absolute Gasteiger partial charge is 0.244 e. The van der Waals surface area contributed by atoms with Crippen LogP contribution >= 0.6 is 11.3 Å². The molecule has 3 N–H and O–H groups in total. The van der Waals surface area contributed by atoms with Crippen molar-refractivity contribution in [2.24, 2.45) is 5.73 Å². The van der Waals surface area contributed by atoms with E-state index in [0.717, 1.165) is 35.9 Å². The molecular weight excluding hydrogens is 415 g/mol. The van der Waals surface area contributed by atoms with E-state index in [1.165, 1.54) is 22.6 Å². The zero-order valence-corrected chi connectivity index (χ0v) is 17.3. The number of fused-ring (bicyclic) bond motifs is 3. The molecule has 0 aliphatic heterocycles. The Morgan fingerprint density at radius 1 is 1.13 bits per heavy atom. The molecule has 4 aromatic rings. The molecule has 9 heteroatoms. The first-order chi connectivity index (χ1) is 15.1. The highest BCUT2D eigenvalue weighted by molar-refractivity contribution is 7.19. The minimum absolute atomic E-state index is 0.381. The van der Waals surface area contributed by atoms with Crippen molar-refractivity contribution in [2.75, 3.05) is 5.32 Å². The Kier molecular flexibility index (Phi) is 5.03. The zero-order chi connectivity index (χ0) is 21.4. The number of nitrogens with one attached hydrogen (secondary N) is 1. The number of hydrogen-bond acceptors (Lipinski definition) is 7. The highest BCUT2D eigenvalue weighted by Crippen LogP contribution is 2.40. The second-order valence-corrected chi connectivity index (χ2v) is 8.49. The van der Waals surface area contributed by atoms with Crippen LogP contribution < -0.4 is 11.1 Å². The number of halogens is 1. The second-order valence-electron chi connectivity index (χ2n) is 7.41. The predicted molar refractivity (Wildman–Crippen MR) is 117 cm³/mol. The number of benzene rings is 1. The van der Waals surface area contributed by atoms with Crippen molar-refractivity contribution in [3.8, 4) is 11.5 Å². The van der Waals surface area contributed by atoms with Gasteiger partial charge in [0.1, 0.15) is 28.2 Å². The summed E-state index contributed by atoms with van der Waals surface area (Å²) in [6, 6.07) is 4.83. The number of carbonyl (C=O) groups is 1. The van der Waals surface area contributed by atoms with Crippen LogP contribution in [0.2, 0.25) is 0 Å². The van der Waals surface area contributed by atoms with Gasteiger partial charge in [-0.05, 0) is 48.9 Å². The van der Waals surface area contributed by atoms with Gasteiger partial charge in [0.05, 0.1) is 11.6 Å². The summed E-state index contributed by atoms with van der Waals surface area (Å²) in [6.07, 6.45) is 8.96. The maximum Gasteiger partial charge on any atom is 0.244 e. The lowest BCUT2D eigenvalue weighted by Crippen LogP contribution is -2.28. The molecule has 1 atom stereocenters. The number of carbonyl (C=O) groups excluding carboxylic acids is 1. The molecule has 1 aliphatic carbocycles. The zero-order valence-electron chi connectivity index (χ0n) is 16.5. The third-order valence-corrected chi connectivity index (χ3v) is 6.56. The molecule has 7 nitrogen and oxygen atoms in total. The van der Waals surface area contributed by atoms with E-state index in [-0.39, 0.29) is 5.82 Å². The number of nitrogens with two attached hydrogens (primary N) is 1. The van der Waals surface area contributed by atoms with Crippen molar-refractivity contribution in [2.45, 2.75) is 31.7 Å². The Hall–Kier alpha value is -3.46. The Balaban J connectivity index is 1.67. The molecule has 1 amide bonds. The van der Waals surface area contributed by atoms with Gasteiger partial charge in [0.2, 0.25) is 5.91 Å². The van der Waals surface area contributed by atoms with Gasteiger partial charge in [-0.3, -0.25) is 9.78 Å². The van der Waals surface area contributed by atoms with Crippen LogP contribution in [0.3, 0.4) is 0 Å². The fraction of sp³-hybridized carbons (Fsp3) is 0.227. The Morgan fingerprint density at radius 2 is 1.94 bits per heavy atom. The summed E-state index contributed by atoms with van der Waals surface area (Å²) in [5.74, 6) is -0.0149. The molecule has 0 bridgehead atoms. The second kappa shape index (κ2) is 7.99. The number of anilines is 1. The first-order valence-electron chi connectivity index (χ1n) is 10.00. The molecule has 0 saturated carbocycles. The van der Waals surface area contributed by atoms with Crippen molar-refractivity contribution < 1.29 is 9.18 Å². The minimum Gasteiger partial charge on any atom is -0.368 e. The molecule has 3 aromatic heterocycles. The number of aryl methyl sites for hydroxylation is 2. The molecule has 156 valence electrons. The van der Waals surface area contributed by atoms with Crippen LogP contribution in [-0.2, 0) is 17.6 Å². The molecular formula is C22H19FN6OS. The van der Waals surface area contributed by atoms with Gasteiger partial charge in [-0.15, -0.1) is 11.3 Å². The molecule has 31 heavy (non-hydrogen) atoms. The highest BCUT2D eigenvalue weighted by Gasteiger charge is 2.25. The van der Waals surface area contributed by atoms with Crippen LogP contribution in [0.1, 0.15) is 34.9 Å². The van der Waals surface area contributed by atoms with E-state index in [1.807, 2.05) is 0 Å². The van der Waals surface area contributed by atoms with Crippen molar-refractivity contribution in [1.82, 2.24) is 19.9 Å². The van der Waals surface area contributed by atoms with E-state index >= 15 is 0 Å². The van der Waals surface area contributed by atoms with Crippen molar-refractivity contribution in [1.29, 1.82) is 0 Å². The van der Waals surface area contributed by atoms with Crippen LogP contribution in [-0.4, -0.2) is 25.8 Å². The summed E-state index contributed by atoms with van der Waals surface area (Å²) in [4.78, 5) is 32.3. The molecule has 1 unspecified atom stereocenters. The van der Waals surface area contributed by atoms with Gasteiger partial charge in [0.25, 0.3) is 0 Å². The number of aromatic nitrogens is 4. The van der Waals surface area contributed by atoms with Gasteiger partial charge in [-0.25, -0.2) is 19.3 Å². The quantitative estimate of drug-likeness (QED) is 0.495. The third kappa shape index (κ3) is 3.72. The number of hydrogen-bond donors (Lipinski definition) is 2. The van der Waals surface area contributed by atoms with Crippen molar-refractivity contribution in [3.05, 3.63) is 64.7 Å². The summed E-state index contributed by atoms with van der Waals surface area (Å²) in [7, 11) is 0. The normalized spacial score (nSPS) is 14.2. The minimum atomic E-state index is -0.868. The molecule has 5 rings (SSSR count). The average molecular weight is 435 g/mol. The number of amides is 1. The highest BCUT2D eigenvalue weighted by atomic mass is 32.1. The number of thiophene rings is 1. The Bertz CT molecular complexity index is 1260. The van der Waals surface area contributed by atoms with Crippen LogP contribution in [0.4, 0.5) is 10.2 Å². The molecule has 0 fully saturated rings. The number of nitrogens with zero attached hydrogens (tertiary/aromatic N) is 4. The lowest BCUT2D eigenvalue weighted by Gasteiger charge is -2.19.